The molecule has 0 heterocycles. The van der Waals surface area contributed by atoms with Crippen LogP contribution in [0.5, 0.6) is 0 Å². The van der Waals surface area contributed by atoms with Crippen LogP contribution < -0.4 is 5.32 Å². The van der Waals surface area contributed by atoms with E-state index < -0.39 is 12.2 Å². The van der Waals surface area contributed by atoms with Crippen molar-refractivity contribution in [2.75, 3.05) is 0 Å². The van der Waals surface area contributed by atoms with Crippen molar-refractivity contribution in [2.45, 2.75) is 71.8 Å². The number of hydrogen-bond donors (Lipinski definition) is 3. The second kappa shape index (κ2) is 11.2. The molecule has 0 aromatic heterocycles. The van der Waals surface area contributed by atoms with Crippen molar-refractivity contribution in [1.29, 1.82) is 11.1 Å². The van der Waals surface area contributed by atoms with Crippen LogP contribution in [0.2, 0.25) is 0 Å². The summed E-state index contributed by atoms with van der Waals surface area (Å²) in [4.78, 5) is 28.4. The van der Waals surface area contributed by atoms with Crippen LogP contribution in [0.4, 0.5) is 0 Å². The van der Waals surface area contributed by atoms with Gasteiger partial charge in [0.1, 0.15) is 0 Å². The van der Waals surface area contributed by atoms with Gasteiger partial charge in [-0.2, -0.15) is 0 Å². The van der Waals surface area contributed by atoms with Gasteiger partial charge in [-0.25, -0.2) is 11.1 Å². The Morgan fingerprint density at radius 3 is 2.27 bits per heavy atom. The molecule has 0 unspecified atom stereocenters. The normalized spacial score (nSPS) is 19.8. The van der Waals surface area contributed by atoms with E-state index in [2.05, 4.69) is 48.5 Å². The Morgan fingerprint density at radius 2 is 1.65 bits per heavy atom. The molecule has 0 bridgehead atoms. The van der Waals surface area contributed by atoms with Gasteiger partial charge in [0, 0.05) is 23.7 Å². The topological polar surface area (TPSA) is 122 Å². The number of benzene rings is 2. The zero-order chi connectivity index (χ0) is 26.6. The van der Waals surface area contributed by atoms with Crippen molar-refractivity contribution in [3.63, 3.8) is 0 Å². The highest BCUT2D eigenvalue weighted by atomic mass is 16.2. The van der Waals surface area contributed by atoms with Crippen molar-refractivity contribution in [1.82, 2.24) is 10.2 Å². The highest BCUT2D eigenvalue weighted by Gasteiger charge is 2.35. The molecule has 8 heteroatoms. The molecule has 1 fully saturated rings. The van der Waals surface area contributed by atoms with Gasteiger partial charge in [0.15, 0.2) is 0 Å². The van der Waals surface area contributed by atoms with Crippen LogP contribution in [-0.4, -0.2) is 29.0 Å². The minimum absolute atomic E-state index is 0.0722. The van der Waals surface area contributed by atoms with Gasteiger partial charge in [-0.15, -0.1) is 10.2 Å². The molecule has 37 heavy (non-hydrogen) atoms. The van der Waals surface area contributed by atoms with Crippen LogP contribution in [0, 0.1) is 22.4 Å². The summed E-state index contributed by atoms with van der Waals surface area (Å²) in [6, 6.07) is 15.4. The molecule has 0 aliphatic heterocycles. The van der Waals surface area contributed by atoms with E-state index in [1.165, 1.54) is 5.56 Å². The summed E-state index contributed by atoms with van der Waals surface area (Å²) in [5.41, 5.74) is 18.6. The number of allylic oxidation sites excluding steroid dienone is 1. The number of nitrogens with one attached hydrogen (secondary N) is 3. The van der Waals surface area contributed by atoms with Gasteiger partial charge in [0.05, 0.1) is 0 Å². The molecule has 0 spiro atoms. The van der Waals surface area contributed by atoms with E-state index in [1.54, 1.807) is 12.1 Å². The van der Waals surface area contributed by atoms with E-state index in [1.807, 2.05) is 35.2 Å². The third-order valence-corrected chi connectivity index (χ3v) is 7.76. The minimum atomic E-state index is -1.22. The van der Waals surface area contributed by atoms with E-state index >= 15 is 0 Å². The summed E-state index contributed by atoms with van der Waals surface area (Å²) >= 11 is 0. The summed E-state index contributed by atoms with van der Waals surface area (Å²) in [5, 5.41) is 8.58. The first kappa shape index (κ1) is 26.4. The van der Waals surface area contributed by atoms with E-state index in [0.29, 0.717) is 18.0 Å². The molecule has 4 rings (SSSR count). The summed E-state index contributed by atoms with van der Waals surface area (Å²) in [6.07, 6.45) is 5.80. The molecule has 1 saturated carbocycles. The van der Waals surface area contributed by atoms with Gasteiger partial charge in [-0.05, 0) is 72.3 Å². The molecule has 8 nitrogen and oxygen atoms in total. The lowest BCUT2D eigenvalue weighted by atomic mass is 9.71. The lowest BCUT2D eigenvalue weighted by Gasteiger charge is -2.41. The fraction of sp³-hybridized carbons (Fsp3) is 0.448. The third kappa shape index (κ3) is 6.01. The first-order valence-corrected chi connectivity index (χ1v) is 12.9. The smallest absolute Gasteiger partial charge is 0.254 e. The number of rotatable bonds is 8. The SMILES string of the molecule is CC(C)(C)C1CCC(N(Cc2ccc(C(=O)NC(N=N)N=N)cc2)C(=O)C2=CCc3ccccc32)CC1. The molecule has 194 valence electrons. The van der Waals surface area contributed by atoms with Gasteiger partial charge in [-0.1, -0.05) is 63.2 Å². The van der Waals surface area contributed by atoms with Crippen LogP contribution in [0.3, 0.4) is 0 Å². The molecule has 0 radical (unpaired) electrons. The zero-order valence-corrected chi connectivity index (χ0v) is 21.8. The average Bonchev–Trinajstić information content (AvgIpc) is 3.34. The molecule has 2 aliphatic carbocycles. The number of hydrogen-bond acceptors (Lipinski definition) is 6. The Hall–Kier alpha value is -3.68. The number of amides is 2. The highest BCUT2D eigenvalue weighted by Crippen LogP contribution is 2.40. The predicted octanol–water partition coefficient (Wildman–Crippen LogP) is 6.34. The second-order valence-corrected chi connectivity index (χ2v) is 11.1. The van der Waals surface area contributed by atoms with Gasteiger partial charge in [0.2, 0.25) is 0 Å². The summed E-state index contributed by atoms with van der Waals surface area (Å²) in [5.74, 6) is 0.271. The Labute approximate surface area is 218 Å². The second-order valence-electron chi connectivity index (χ2n) is 11.1. The van der Waals surface area contributed by atoms with E-state index in [4.69, 9.17) is 11.1 Å². The first-order valence-electron chi connectivity index (χ1n) is 12.9. The van der Waals surface area contributed by atoms with Gasteiger partial charge >= 0.3 is 0 Å². The lowest BCUT2D eigenvalue weighted by molar-refractivity contribution is -0.129. The molecular formula is C29H36N6O2. The van der Waals surface area contributed by atoms with Crippen LogP contribution in [0.1, 0.15) is 73.5 Å². The molecule has 2 aromatic carbocycles. The summed E-state index contributed by atoms with van der Waals surface area (Å²) < 4.78 is 0. The molecular weight excluding hydrogens is 464 g/mol. The van der Waals surface area contributed by atoms with Crippen molar-refractivity contribution in [3.8, 4) is 0 Å². The Balaban J connectivity index is 1.54. The molecule has 0 atom stereocenters. The maximum Gasteiger partial charge on any atom is 0.254 e. The first-order chi connectivity index (χ1) is 17.7. The van der Waals surface area contributed by atoms with Crippen LogP contribution in [0.25, 0.3) is 5.57 Å². The Kier molecular flexibility index (Phi) is 7.95. The summed E-state index contributed by atoms with van der Waals surface area (Å²) in [6.45, 7) is 7.38. The standard InChI is InChI=1S/C29H36N6O2/c1-29(2,3)22-13-15-23(16-14-22)35(27(37)25-17-12-20-6-4-5-7-24(20)25)18-19-8-10-21(11-9-19)26(36)32-28(33-30)34-31/h4-11,17,22-23,28,30-31H,12-16,18H2,1-3H3,(H,32,36). The van der Waals surface area contributed by atoms with Crippen LogP contribution in [-0.2, 0) is 17.8 Å². The van der Waals surface area contributed by atoms with Crippen molar-refractivity contribution in [3.05, 3.63) is 76.9 Å². The van der Waals surface area contributed by atoms with Gasteiger partial charge in [-0.3, -0.25) is 9.59 Å². The maximum absolute atomic E-state index is 14.0. The van der Waals surface area contributed by atoms with E-state index in [9.17, 15) is 9.59 Å². The zero-order valence-electron chi connectivity index (χ0n) is 21.8. The monoisotopic (exact) mass is 500 g/mol. The number of nitrogens with zero attached hydrogens (tertiary/aromatic N) is 3. The molecule has 3 N–H and O–H groups in total. The van der Waals surface area contributed by atoms with E-state index in [0.717, 1.165) is 48.8 Å². The minimum Gasteiger partial charge on any atom is -0.331 e. The van der Waals surface area contributed by atoms with Crippen molar-refractivity contribution >= 4 is 17.4 Å². The molecule has 2 aliphatic rings. The number of carbonyl (C=O) groups is 2. The fourth-order valence-corrected chi connectivity index (χ4v) is 5.51. The van der Waals surface area contributed by atoms with Crippen molar-refractivity contribution in [2.24, 2.45) is 21.6 Å². The predicted molar refractivity (Wildman–Crippen MR) is 142 cm³/mol. The van der Waals surface area contributed by atoms with Crippen LogP contribution in [0.15, 0.2) is 64.8 Å². The quantitative estimate of drug-likeness (QED) is 0.367. The van der Waals surface area contributed by atoms with E-state index in [-0.39, 0.29) is 17.4 Å². The third-order valence-electron chi connectivity index (χ3n) is 7.76. The number of fused-ring (bicyclic) bond motifs is 1. The van der Waals surface area contributed by atoms with Crippen molar-refractivity contribution < 1.29 is 9.59 Å². The largest absolute Gasteiger partial charge is 0.331 e. The summed E-state index contributed by atoms with van der Waals surface area (Å²) in [7, 11) is 0. The van der Waals surface area contributed by atoms with Crippen LogP contribution >= 0.6 is 0 Å². The van der Waals surface area contributed by atoms with Gasteiger partial charge < -0.3 is 10.2 Å². The Bertz CT molecular complexity index is 1180. The highest BCUT2D eigenvalue weighted by molar-refractivity contribution is 6.21. The Morgan fingerprint density at radius 1 is 1.00 bits per heavy atom. The maximum atomic E-state index is 14.0. The molecule has 2 amide bonds. The molecule has 0 saturated heterocycles. The average molecular weight is 501 g/mol. The number of carbonyl (C=O) groups excluding carboxylic acids is 2. The molecule has 2 aromatic rings. The lowest BCUT2D eigenvalue weighted by Crippen LogP contribution is -2.43. The fourth-order valence-electron chi connectivity index (χ4n) is 5.51. The van der Waals surface area contributed by atoms with Gasteiger partial charge in [0.25, 0.3) is 18.1 Å².